The highest BCUT2D eigenvalue weighted by Crippen LogP contribution is 2.40. The number of benzene rings is 2. The van der Waals surface area contributed by atoms with Gasteiger partial charge in [-0.15, -0.1) is 0 Å². The Morgan fingerprint density at radius 1 is 1.18 bits per heavy atom. The van der Waals surface area contributed by atoms with Crippen LogP contribution < -0.4 is 9.47 Å². The van der Waals surface area contributed by atoms with E-state index in [9.17, 15) is 0 Å². The molecule has 4 rings (SSSR count). The molecule has 5 nitrogen and oxygen atoms in total. The van der Waals surface area contributed by atoms with Crippen LogP contribution in [0.1, 0.15) is 29.3 Å². The molecule has 1 N–H and O–H groups in total. The van der Waals surface area contributed by atoms with Gasteiger partial charge in [-0.1, -0.05) is 42.8 Å². The van der Waals surface area contributed by atoms with Crippen molar-refractivity contribution < 1.29 is 9.47 Å². The molecule has 0 spiro atoms. The molecule has 0 amide bonds. The van der Waals surface area contributed by atoms with Gasteiger partial charge < -0.3 is 9.47 Å². The van der Waals surface area contributed by atoms with Crippen molar-refractivity contribution in [1.29, 1.82) is 0 Å². The zero-order valence-corrected chi connectivity index (χ0v) is 16.8. The number of hydrogen-bond acceptors (Lipinski definition) is 4. The molecule has 0 saturated heterocycles. The molecule has 1 aromatic heterocycles. The third-order valence-electron chi connectivity index (χ3n) is 5.38. The summed E-state index contributed by atoms with van der Waals surface area (Å²) in [5.74, 6) is 1.47. The SMILES string of the molecule is CCN1CCc2[nH]nc(-c3cccc(OC)c3OCc3cccc(C)c3)c2C1. The van der Waals surface area contributed by atoms with E-state index in [0.29, 0.717) is 6.61 Å². The summed E-state index contributed by atoms with van der Waals surface area (Å²) >= 11 is 0. The first-order valence-corrected chi connectivity index (χ1v) is 9.83. The molecule has 0 atom stereocenters. The second-order valence-corrected chi connectivity index (χ2v) is 7.26. The van der Waals surface area contributed by atoms with Crippen molar-refractivity contribution in [3.05, 3.63) is 64.8 Å². The van der Waals surface area contributed by atoms with Crippen molar-refractivity contribution in [2.45, 2.75) is 33.4 Å². The van der Waals surface area contributed by atoms with Gasteiger partial charge in [0.05, 0.1) is 7.11 Å². The molecule has 1 aliphatic rings. The van der Waals surface area contributed by atoms with Crippen LogP contribution in [0.15, 0.2) is 42.5 Å². The number of fused-ring (bicyclic) bond motifs is 1. The Labute approximate surface area is 166 Å². The van der Waals surface area contributed by atoms with Crippen molar-refractivity contribution in [3.63, 3.8) is 0 Å². The number of rotatable bonds is 6. The fraction of sp³-hybridized carbons (Fsp3) is 0.348. The molecule has 3 aromatic rings. The predicted molar refractivity (Wildman–Crippen MR) is 111 cm³/mol. The minimum absolute atomic E-state index is 0.489. The number of H-pyrrole nitrogens is 1. The summed E-state index contributed by atoms with van der Waals surface area (Å²) in [5, 5.41) is 7.90. The first-order valence-electron chi connectivity index (χ1n) is 9.83. The van der Waals surface area contributed by atoms with E-state index >= 15 is 0 Å². The average Bonchev–Trinajstić information content (AvgIpc) is 3.15. The number of ether oxygens (including phenoxy) is 2. The van der Waals surface area contributed by atoms with Crippen molar-refractivity contribution in [1.82, 2.24) is 15.1 Å². The van der Waals surface area contributed by atoms with Gasteiger partial charge in [0, 0.05) is 36.3 Å². The fourth-order valence-corrected chi connectivity index (χ4v) is 3.81. The van der Waals surface area contributed by atoms with E-state index in [1.54, 1.807) is 7.11 Å². The first kappa shape index (κ1) is 18.6. The molecule has 0 aliphatic carbocycles. The van der Waals surface area contributed by atoms with Crippen LogP contribution in [-0.4, -0.2) is 35.3 Å². The lowest BCUT2D eigenvalue weighted by Crippen LogP contribution is -2.30. The van der Waals surface area contributed by atoms with E-state index in [1.807, 2.05) is 12.1 Å². The van der Waals surface area contributed by atoms with Crippen molar-refractivity contribution >= 4 is 0 Å². The highest BCUT2D eigenvalue weighted by molar-refractivity contribution is 5.74. The zero-order valence-electron chi connectivity index (χ0n) is 16.8. The van der Waals surface area contributed by atoms with Crippen molar-refractivity contribution in [2.24, 2.45) is 0 Å². The van der Waals surface area contributed by atoms with Crippen LogP contribution >= 0.6 is 0 Å². The molecule has 0 unspecified atom stereocenters. The van der Waals surface area contributed by atoms with Gasteiger partial charge in [-0.2, -0.15) is 5.10 Å². The fourth-order valence-electron chi connectivity index (χ4n) is 3.81. The Morgan fingerprint density at radius 2 is 2.04 bits per heavy atom. The van der Waals surface area contributed by atoms with Gasteiger partial charge in [-0.25, -0.2) is 0 Å². The van der Waals surface area contributed by atoms with E-state index in [2.05, 4.69) is 59.3 Å². The van der Waals surface area contributed by atoms with Gasteiger partial charge in [0.25, 0.3) is 0 Å². The van der Waals surface area contributed by atoms with E-state index in [-0.39, 0.29) is 0 Å². The summed E-state index contributed by atoms with van der Waals surface area (Å²) in [6, 6.07) is 14.4. The Balaban J connectivity index is 1.70. The number of nitrogens with one attached hydrogen (secondary N) is 1. The largest absolute Gasteiger partial charge is 0.493 e. The summed E-state index contributed by atoms with van der Waals surface area (Å²) in [7, 11) is 1.68. The van der Waals surface area contributed by atoms with Crippen LogP contribution in [0.4, 0.5) is 0 Å². The predicted octanol–water partition coefficient (Wildman–Crippen LogP) is 4.35. The Kier molecular flexibility index (Phi) is 5.35. The molecule has 146 valence electrons. The maximum Gasteiger partial charge on any atom is 0.171 e. The quantitative estimate of drug-likeness (QED) is 0.694. The van der Waals surface area contributed by atoms with Crippen molar-refractivity contribution in [2.75, 3.05) is 20.2 Å². The topological polar surface area (TPSA) is 50.4 Å². The van der Waals surface area contributed by atoms with E-state index in [4.69, 9.17) is 9.47 Å². The monoisotopic (exact) mass is 377 g/mol. The normalized spacial score (nSPS) is 14.0. The number of nitrogens with zero attached hydrogens (tertiary/aromatic N) is 2. The highest BCUT2D eigenvalue weighted by atomic mass is 16.5. The molecular weight excluding hydrogens is 350 g/mol. The lowest BCUT2D eigenvalue weighted by molar-refractivity contribution is 0.267. The number of methoxy groups -OCH3 is 1. The third-order valence-corrected chi connectivity index (χ3v) is 5.38. The molecule has 0 saturated carbocycles. The summed E-state index contributed by atoms with van der Waals surface area (Å²) in [4.78, 5) is 2.44. The lowest BCUT2D eigenvalue weighted by Gasteiger charge is -2.25. The van der Waals surface area contributed by atoms with Crippen molar-refractivity contribution in [3.8, 4) is 22.8 Å². The van der Waals surface area contributed by atoms with Gasteiger partial charge in [0.15, 0.2) is 11.5 Å². The molecule has 2 aromatic carbocycles. The number of likely N-dealkylation sites (N-methyl/N-ethyl adjacent to an activating group) is 1. The molecule has 0 radical (unpaired) electrons. The van der Waals surface area contributed by atoms with E-state index < -0.39 is 0 Å². The lowest BCUT2D eigenvalue weighted by atomic mass is 10.00. The second kappa shape index (κ2) is 8.07. The molecule has 2 heterocycles. The number of aromatic amines is 1. The minimum Gasteiger partial charge on any atom is -0.493 e. The average molecular weight is 377 g/mol. The van der Waals surface area contributed by atoms with Crippen LogP contribution in [-0.2, 0) is 19.6 Å². The van der Waals surface area contributed by atoms with Crippen LogP contribution in [0.25, 0.3) is 11.3 Å². The van der Waals surface area contributed by atoms with E-state index in [1.165, 1.54) is 16.8 Å². The van der Waals surface area contributed by atoms with E-state index in [0.717, 1.165) is 54.4 Å². The molecule has 5 heteroatoms. The van der Waals surface area contributed by atoms with Crippen LogP contribution in [0, 0.1) is 6.92 Å². The summed E-state index contributed by atoms with van der Waals surface area (Å²) < 4.78 is 11.9. The molecule has 1 aliphatic heterocycles. The maximum absolute atomic E-state index is 6.28. The molecular formula is C23H27N3O2. The number of aromatic nitrogens is 2. The van der Waals surface area contributed by atoms with Crippen LogP contribution in [0.5, 0.6) is 11.5 Å². The smallest absolute Gasteiger partial charge is 0.171 e. The van der Waals surface area contributed by atoms with Gasteiger partial charge in [0.2, 0.25) is 0 Å². The highest BCUT2D eigenvalue weighted by Gasteiger charge is 2.24. The van der Waals surface area contributed by atoms with Gasteiger partial charge in [-0.3, -0.25) is 10.00 Å². The second-order valence-electron chi connectivity index (χ2n) is 7.26. The summed E-state index contributed by atoms with van der Waals surface area (Å²) in [6.45, 7) is 7.80. The van der Waals surface area contributed by atoms with Crippen LogP contribution in [0.2, 0.25) is 0 Å². The molecule has 0 bridgehead atoms. The first-order chi connectivity index (χ1) is 13.7. The summed E-state index contributed by atoms with van der Waals surface area (Å²) in [6.07, 6.45) is 1.000. The number of para-hydroxylation sites is 1. The standard InChI is InChI=1S/C23H27N3O2/c1-4-26-12-11-20-19(14-26)22(25-24-20)18-9-6-10-21(27-3)23(18)28-15-17-8-5-7-16(2)13-17/h5-10,13H,4,11-12,14-15H2,1-3H3,(H,24,25). The Morgan fingerprint density at radius 3 is 2.82 bits per heavy atom. The maximum atomic E-state index is 6.28. The van der Waals surface area contributed by atoms with Gasteiger partial charge in [-0.05, 0) is 31.2 Å². The van der Waals surface area contributed by atoms with Crippen LogP contribution in [0.3, 0.4) is 0 Å². The zero-order chi connectivity index (χ0) is 19.5. The third kappa shape index (κ3) is 3.62. The molecule has 28 heavy (non-hydrogen) atoms. The minimum atomic E-state index is 0.489. The number of hydrogen-bond donors (Lipinski definition) is 1. The van der Waals surface area contributed by atoms with Gasteiger partial charge >= 0.3 is 0 Å². The molecule has 0 fully saturated rings. The Hall–Kier alpha value is -2.79. The number of aryl methyl sites for hydroxylation is 1. The summed E-state index contributed by atoms with van der Waals surface area (Å²) in [5.41, 5.74) is 6.79. The Bertz CT molecular complexity index is 964. The van der Waals surface area contributed by atoms with Gasteiger partial charge in [0.1, 0.15) is 12.3 Å².